The van der Waals surface area contributed by atoms with Crippen molar-refractivity contribution in [2.75, 3.05) is 6.61 Å². The van der Waals surface area contributed by atoms with Crippen LogP contribution in [0.4, 0.5) is 0 Å². The number of allylic oxidation sites excluding steroid dienone is 3. The topological polar surface area (TPSA) is 55.5 Å². The van der Waals surface area contributed by atoms with Crippen molar-refractivity contribution in [3.8, 4) is 0 Å². The van der Waals surface area contributed by atoms with Gasteiger partial charge in [-0.15, -0.1) is 0 Å². The molecular formula is C20H35NO2. The summed E-state index contributed by atoms with van der Waals surface area (Å²) in [4.78, 5) is 0. The monoisotopic (exact) mass is 321 g/mol. The van der Waals surface area contributed by atoms with Crippen LogP contribution >= 0.6 is 0 Å². The number of ether oxygens (including phenoxy) is 1. The van der Waals surface area contributed by atoms with E-state index >= 15 is 0 Å². The van der Waals surface area contributed by atoms with E-state index in [1.54, 1.807) is 0 Å². The van der Waals surface area contributed by atoms with Gasteiger partial charge in [0, 0.05) is 12.6 Å². The molecule has 0 aromatic heterocycles. The van der Waals surface area contributed by atoms with Gasteiger partial charge < -0.3 is 15.6 Å². The maximum absolute atomic E-state index is 9.47. The second kappa shape index (κ2) is 8.46. The van der Waals surface area contributed by atoms with E-state index in [1.807, 2.05) is 0 Å². The average Bonchev–Trinajstić information content (AvgIpc) is 2.51. The summed E-state index contributed by atoms with van der Waals surface area (Å²) in [5, 5.41) is 9.47. The second-order valence-corrected chi connectivity index (χ2v) is 8.23. The van der Waals surface area contributed by atoms with Crippen molar-refractivity contribution in [1.82, 2.24) is 0 Å². The molecule has 2 unspecified atom stereocenters. The first-order chi connectivity index (χ1) is 10.9. The zero-order valence-electron chi connectivity index (χ0n) is 15.1. The van der Waals surface area contributed by atoms with Crippen molar-refractivity contribution in [3.63, 3.8) is 0 Å². The van der Waals surface area contributed by atoms with Gasteiger partial charge in [-0.1, -0.05) is 23.8 Å². The van der Waals surface area contributed by atoms with Crippen LogP contribution in [0.5, 0.6) is 0 Å². The Balaban J connectivity index is 1.82. The van der Waals surface area contributed by atoms with Crippen LogP contribution in [0.2, 0.25) is 0 Å². The Hall–Kier alpha value is -0.640. The van der Waals surface area contributed by atoms with E-state index in [0.29, 0.717) is 12.0 Å². The Morgan fingerprint density at radius 2 is 1.91 bits per heavy atom. The molecule has 0 aromatic carbocycles. The van der Waals surface area contributed by atoms with Gasteiger partial charge in [-0.3, -0.25) is 0 Å². The van der Waals surface area contributed by atoms with Gasteiger partial charge in [0.05, 0.1) is 11.7 Å². The highest BCUT2D eigenvalue weighted by molar-refractivity contribution is 5.17. The first-order valence-electron chi connectivity index (χ1n) is 9.27. The number of hydrogen-bond acceptors (Lipinski definition) is 3. The van der Waals surface area contributed by atoms with Gasteiger partial charge in [0.2, 0.25) is 0 Å². The predicted octanol–water partition coefficient (Wildman–Crippen LogP) is 3.96. The second-order valence-electron chi connectivity index (χ2n) is 8.23. The maximum atomic E-state index is 9.47. The van der Waals surface area contributed by atoms with Gasteiger partial charge in [-0.2, -0.15) is 0 Å². The molecule has 1 saturated heterocycles. The molecule has 3 heteroatoms. The van der Waals surface area contributed by atoms with Crippen molar-refractivity contribution in [2.24, 2.45) is 17.6 Å². The van der Waals surface area contributed by atoms with Gasteiger partial charge in [0.25, 0.3) is 0 Å². The third kappa shape index (κ3) is 6.40. The summed E-state index contributed by atoms with van der Waals surface area (Å²) in [6.45, 7) is 6.66. The lowest BCUT2D eigenvalue weighted by Crippen LogP contribution is -2.39. The molecule has 1 aliphatic heterocycles. The molecule has 1 saturated carbocycles. The lowest BCUT2D eigenvalue weighted by atomic mass is 9.84. The van der Waals surface area contributed by atoms with Crippen LogP contribution in [0.15, 0.2) is 23.8 Å². The molecule has 2 fully saturated rings. The quantitative estimate of drug-likeness (QED) is 0.754. The van der Waals surface area contributed by atoms with E-state index in [1.165, 1.54) is 37.7 Å². The number of nitrogens with two attached hydrogens (primary N) is 1. The van der Waals surface area contributed by atoms with E-state index in [-0.39, 0.29) is 18.3 Å². The zero-order chi connectivity index (χ0) is 16.9. The van der Waals surface area contributed by atoms with E-state index in [4.69, 9.17) is 10.5 Å². The van der Waals surface area contributed by atoms with Crippen molar-refractivity contribution in [3.05, 3.63) is 23.8 Å². The minimum absolute atomic E-state index is 0.118. The number of aliphatic hydroxyl groups is 1. The highest BCUT2D eigenvalue weighted by Gasteiger charge is 2.33. The summed E-state index contributed by atoms with van der Waals surface area (Å²) in [6.07, 6.45) is 14.8. The maximum Gasteiger partial charge on any atom is 0.0769 e. The molecule has 2 atom stereocenters. The lowest BCUT2D eigenvalue weighted by Gasteiger charge is -2.39. The van der Waals surface area contributed by atoms with Crippen LogP contribution in [-0.4, -0.2) is 29.5 Å². The molecule has 1 aliphatic carbocycles. The van der Waals surface area contributed by atoms with Gasteiger partial charge in [0.1, 0.15) is 0 Å². The van der Waals surface area contributed by atoms with Crippen LogP contribution < -0.4 is 5.73 Å². The Morgan fingerprint density at radius 1 is 1.22 bits per heavy atom. The predicted molar refractivity (Wildman–Crippen MR) is 96.2 cm³/mol. The normalized spacial score (nSPS) is 35.6. The zero-order valence-corrected chi connectivity index (χ0v) is 15.1. The molecule has 3 nitrogen and oxygen atoms in total. The van der Waals surface area contributed by atoms with Gasteiger partial charge in [0.15, 0.2) is 0 Å². The third-order valence-corrected chi connectivity index (χ3v) is 5.31. The van der Waals surface area contributed by atoms with Gasteiger partial charge >= 0.3 is 0 Å². The third-order valence-electron chi connectivity index (χ3n) is 5.31. The molecule has 132 valence electrons. The van der Waals surface area contributed by atoms with Crippen molar-refractivity contribution < 1.29 is 9.84 Å². The lowest BCUT2D eigenvalue weighted by molar-refractivity contribution is -0.112. The summed E-state index contributed by atoms with van der Waals surface area (Å²) in [7, 11) is 0. The molecule has 0 aromatic rings. The fourth-order valence-corrected chi connectivity index (χ4v) is 3.97. The van der Waals surface area contributed by atoms with Crippen molar-refractivity contribution in [1.29, 1.82) is 0 Å². The molecular weight excluding hydrogens is 286 g/mol. The van der Waals surface area contributed by atoms with E-state index in [9.17, 15) is 5.11 Å². The minimum atomic E-state index is -0.140. The molecule has 2 rings (SSSR count). The molecule has 0 radical (unpaired) electrons. The summed E-state index contributed by atoms with van der Waals surface area (Å²) < 4.78 is 6.12. The molecule has 1 heterocycles. The Labute approximate surface area is 142 Å². The summed E-state index contributed by atoms with van der Waals surface area (Å²) >= 11 is 0. The van der Waals surface area contributed by atoms with Gasteiger partial charge in [-0.05, 0) is 77.6 Å². The van der Waals surface area contributed by atoms with Crippen molar-refractivity contribution in [2.45, 2.75) is 83.5 Å². The molecule has 3 N–H and O–H groups in total. The SMILES string of the molecule is CC(/C=C/C1CC(CO)CC(C)(C)O1)=C\CC1CCC(N)CC1. The number of aliphatic hydroxyl groups excluding tert-OH is 1. The van der Waals surface area contributed by atoms with Crippen LogP contribution in [0, 0.1) is 11.8 Å². The highest BCUT2D eigenvalue weighted by Crippen LogP contribution is 2.33. The van der Waals surface area contributed by atoms with Gasteiger partial charge in [-0.25, -0.2) is 0 Å². The standard InChI is InChI=1S/C20H35NO2/c1-15(4-6-16-7-9-18(21)10-8-16)5-11-19-12-17(14-22)13-20(2,3)23-19/h4-5,11,16-19,22H,6-10,12-14,21H2,1-3H3/b11-5+,15-4+. The van der Waals surface area contributed by atoms with Crippen LogP contribution in [-0.2, 0) is 4.74 Å². The average molecular weight is 322 g/mol. The first-order valence-corrected chi connectivity index (χ1v) is 9.27. The van der Waals surface area contributed by atoms with E-state index < -0.39 is 0 Å². The minimum Gasteiger partial charge on any atom is -0.396 e. The fraction of sp³-hybridized carbons (Fsp3) is 0.800. The smallest absolute Gasteiger partial charge is 0.0769 e. The summed E-state index contributed by atoms with van der Waals surface area (Å²) in [6, 6.07) is 0.433. The Bertz CT molecular complexity index is 419. The molecule has 2 aliphatic rings. The van der Waals surface area contributed by atoms with Crippen molar-refractivity contribution >= 4 is 0 Å². The number of rotatable bonds is 5. The van der Waals surface area contributed by atoms with E-state index in [2.05, 4.69) is 39.0 Å². The molecule has 0 bridgehead atoms. The molecule has 23 heavy (non-hydrogen) atoms. The first kappa shape index (κ1) is 18.7. The fourth-order valence-electron chi connectivity index (χ4n) is 3.97. The van der Waals surface area contributed by atoms with Crippen LogP contribution in [0.1, 0.15) is 65.7 Å². The molecule has 0 amide bonds. The summed E-state index contributed by atoms with van der Waals surface area (Å²) in [5.41, 5.74) is 7.14. The number of hydrogen-bond donors (Lipinski definition) is 2. The van der Waals surface area contributed by atoms with E-state index in [0.717, 1.165) is 18.8 Å². The largest absolute Gasteiger partial charge is 0.396 e. The van der Waals surface area contributed by atoms with Crippen LogP contribution in [0.3, 0.4) is 0 Å². The summed E-state index contributed by atoms with van der Waals surface area (Å²) in [5.74, 6) is 1.16. The Kier molecular flexibility index (Phi) is 6.87. The molecule has 0 spiro atoms. The highest BCUT2D eigenvalue weighted by atomic mass is 16.5. The van der Waals surface area contributed by atoms with Crippen LogP contribution in [0.25, 0.3) is 0 Å². The Morgan fingerprint density at radius 3 is 2.57 bits per heavy atom.